The highest BCUT2D eigenvalue weighted by molar-refractivity contribution is 7.10. The fourth-order valence-electron chi connectivity index (χ4n) is 2.97. The van der Waals surface area contributed by atoms with Crippen LogP contribution in [0.15, 0.2) is 60.0 Å². The van der Waals surface area contributed by atoms with Crippen molar-refractivity contribution in [3.63, 3.8) is 0 Å². The first kappa shape index (κ1) is 17.6. The summed E-state index contributed by atoms with van der Waals surface area (Å²) in [6.45, 7) is 2.48. The van der Waals surface area contributed by atoms with Gasteiger partial charge in [0, 0.05) is 16.6 Å². The van der Waals surface area contributed by atoms with E-state index in [0.717, 1.165) is 5.56 Å². The number of hydrogen-bond donors (Lipinski definition) is 2. The van der Waals surface area contributed by atoms with Crippen LogP contribution in [0, 0.1) is 6.92 Å². The molecule has 2 N–H and O–H groups in total. The molecule has 1 amide bonds. The predicted octanol–water partition coefficient (Wildman–Crippen LogP) is 4.10. The summed E-state index contributed by atoms with van der Waals surface area (Å²) in [6.07, 6.45) is 0. The van der Waals surface area contributed by atoms with Crippen molar-refractivity contribution in [2.75, 3.05) is 18.7 Å². The molecule has 27 heavy (non-hydrogen) atoms. The van der Waals surface area contributed by atoms with E-state index in [4.69, 9.17) is 9.47 Å². The van der Waals surface area contributed by atoms with Crippen LogP contribution in [0.5, 0.6) is 11.5 Å². The first-order valence-corrected chi connectivity index (χ1v) is 9.60. The topological polar surface area (TPSA) is 59.6 Å². The van der Waals surface area contributed by atoms with Crippen LogP contribution >= 0.6 is 11.3 Å². The maximum absolute atomic E-state index is 12.4. The molecule has 6 heteroatoms. The lowest BCUT2D eigenvalue weighted by Gasteiger charge is -2.18. The van der Waals surface area contributed by atoms with Gasteiger partial charge in [0.15, 0.2) is 11.5 Å². The second-order valence-corrected chi connectivity index (χ2v) is 7.34. The largest absolute Gasteiger partial charge is 0.454 e. The number of rotatable bonds is 6. The van der Waals surface area contributed by atoms with E-state index in [0.29, 0.717) is 17.2 Å². The Labute approximate surface area is 161 Å². The lowest BCUT2D eigenvalue weighted by Crippen LogP contribution is -2.31. The van der Waals surface area contributed by atoms with Gasteiger partial charge < -0.3 is 14.8 Å². The van der Waals surface area contributed by atoms with Gasteiger partial charge in [-0.2, -0.15) is 0 Å². The summed E-state index contributed by atoms with van der Waals surface area (Å²) in [5, 5.41) is 8.32. The number of carbonyl (C=O) groups is 1. The summed E-state index contributed by atoms with van der Waals surface area (Å²) in [7, 11) is 0. The first-order chi connectivity index (χ1) is 13.2. The fraction of sp³-hybridized carbons (Fsp3) is 0.190. The molecule has 1 aromatic heterocycles. The number of carbonyl (C=O) groups excluding carboxylic acids is 1. The van der Waals surface area contributed by atoms with E-state index in [2.05, 4.69) is 47.9 Å². The van der Waals surface area contributed by atoms with E-state index < -0.39 is 0 Å². The van der Waals surface area contributed by atoms with Gasteiger partial charge in [-0.05, 0) is 36.1 Å². The van der Waals surface area contributed by atoms with Crippen molar-refractivity contribution in [3.05, 3.63) is 76.0 Å². The molecule has 0 saturated carbocycles. The summed E-state index contributed by atoms with van der Waals surface area (Å²) >= 11 is 1.67. The number of thiophene rings is 1. The fourth-order valence-corrected chi connectivity index (χ4v) is 3.80. The van der Waals surface area contributed by atoms with Crippen LogP contribution < -0.4 is 20.1 Å². The lowest BCUT2D eigenvalue weighted by molar-refractivity contribution is -0.115. The van der Waals surface area contributed by atoms with Crippen molar-refractivity contribution in [2.45, 2.75) is 13.0 Å². The average Bonchev–Trinajstić information content (AvgIpc) is 3.35. The molecule has 1 aliphatic heterocycles. The number of aryl methyl sites for hydroxylation is 1. The van der Waals surface area contributed by atoms with Crippen LogP contribution in [0.1, 0.15) is 22.0 Å². The van der Waals surface area contributed by atoms with Gasteiger partial charge in [0.05, 0.1) is 12.6 Å². The van der Waals surface area contributed by atoms with Crippen molar-refractivity contribution < 1.29 is 14.3 Å². The van der Waals surface area contributed by atoms with E-state index in [1.54, 1.807) is 23.5 Å². The molecule has 1 aliphatic rings. The van der Waals surface area contributed by atoms with Crippen molar-refractivity contribution in [1.29, 1.82) is 0 Å². The van der Waals surface area contributed by atoms with Crippen molar-refractivity contribution >= 4 is 22.9 Å². The Hall–Kier alpha value is -2.83. The van der Waals surface area contributed by atoms with Crippen LogP contribution in [0.2, 0.25) is 0 Å². The van der Waals surface area contributed by atoms with Gasteiger partial charge in [-0.15, -0.1) is 11.3 Å². The van der Waals surface area contributed by atoms with E-state index in [9.17, 15) is 4.79 Å². The number of anilines is 1. The number of fused-ring (bicyclic) bond motifs is 1. The second kappa shape index (κ2) is 7.82. The maximum Gasteiger partial charge on any atom is 0.238 e. The molecule has 0 saturated heterocycles. The van der Waals surface area contributed by atoms with Crippen molar-refractivity contribution in [3.8, 4) is 11.5 Å². The average molecular weight is 380 g/mol. The van der Waals surface area contributed by atoms with Crippen LogP contribution in [-0.4, -0.2) is 19.2 Å². The first-order valence-electron chi connectivity index (χ1n) is 8.72. The number of amides is 1. The van der Waals surface area contributed by atoms with Crippen LogP contribution in [0.4, 0.5) is 5.69 Å². The summed E-state index contributed by atoms with van der Waals surface area (Å²) in [4.78, 5) is 13.6. The van der Waals surface area contributed by atoms with E-state index in [1.165, 1.54) is 10.4 Å². The van der Waals surface area contributed by atoms with Gasteiger partial charge in [-0.25, -0.2) is 0 Å². The minimum absolute atomic E-state index is 0.0203. The third kappa shape index (κ3) is 4.13. The Balaban J connectivity index is 1.43. The normalized spacial score (nSPS) is 13.4. The highest BCUT2D eigenvalue weighted by atomic mass is 32.1. The zero-order valence-corrected chi connectivity index (χ0v) is 15.7. The predicted molar refractivity (Wildman–Crippen MR) is 107 cm³/mol. The number of nitrogens with one attached hydrogen (secondary N) is 2. The van der Waals surface area contributed by atoms with Gasteiger partial charge in [0.2, 0.25) is 12.7 Å². The Morgan fingerprint density at radius 1 is 1.11 bits per heavy atom. The van der Waals surface area contributed by atoms with Gasteiger partial charge in [-0.1, -0.05) is 35.9 Å². The summed E-state index contributed by atoms with van der Waals surface area (Å²) < 4.78 is 10.6. The minimum Gasteiger partial charge on any atom is -0.454 e. The smallest absolute Gasteiger partial charge is 0.238 e. The van der Waals surface area contributed by atoms with E-state index >= 15 is 0 Å². The molecule has 0 fully saturated rings. The number of ether oxygens (including phenoxy) is 2. The molecule has 0 bridgehead atoms. The monoisotopic (exact) mass is 380 g/mol. The van der Waals surface area contributed by atoms with Crippen LogP contribution in [0.25, 0.3) is 0 Å². The number of hydrogen-bond acceptors (Lipinski definition) is 5. The Morgan fingerprint density at radius 3 is 2.70 bits per heavy atom. The SMILES string of the molecule is Cc1ccc([C@H](NCC(=O)Nc2ccc3c(c2)OCO3)c2cccs2)cc1. The summed E-state index contributed by atoms with van der Waals surface area (Å²) in [5.74, 6) is 1.24. The summed E-state index contributed by atoms with van der Waals surface area (Å²) in [5.41, 5.74) is 3.04. The van der Waals surface area contributed by atoms with Crippen LogP contribution in [0.3, 0.4) is 0 Å². The van der Waals surface area contributed by atoms with Crippen LogP contribution in [-0.2, 0) is 4.79 Å². The Kier molecular flexibility index (Phi) is 5.09. The standard InChI is InChI=1S/C21H20N2O3S/c1-14-4-6-15(7-5-14)21(19-3-2-10-27-19)22-12-20(24)23-16-8-9-17-18(11-16)26-13-25-17/h2-11,21-22H,12-13H2,1H3,(H,23,24)/t21-/m0/s1. The molecule has 0 spiro atoms. The molecule has 2 aromatic carbocycles. The molecule has 1 atom stereocenters. The molecule has 0 radical (unpaired) electrons. The Morgan fingerprint density at radius 2 is 1.93 bits per heavy atom. The Bertz CT molecular complexity index is 923. The molecule has 2 heterocycles. The van der Waals surface area contributed by atoms with Gasteiger partial charge in [0.1, 0.15) is 0 Å². The molecule has 5 nitrogen and oxygen atoms in total. The minimum atomic E-state index is -0.109. The third-order valence-corrected chi connectivity index (χ3v) is 5.30. The summed E-state index contributed by atoms with van der Waals surface area (Å²) in [6, 6.07) is 17.8. The van der Waals surface area contributed by atoms with Crippen molar-refractivity contribution in [1.82, 2.24) is 5.32 Å². The van der Waals surface area contributed by atoms with E-state index in [-0.39, 0.29) is 25.3 Å². The zero-order chi connectivity index (χ0) is 18.6. The quantitative estimate of drug-likeness (QED) is 0.676. The molecular weight excluding hydrogens is 360 g/mol. The lowest BCUT2D eigenvalue weighted by atomic mass is 10.0. The van der Waals surface area contributed by atoms with Gasteiger partial charge >= 0.3 is 0 Å². The zero-order valence-electron chi connectivity index (χ0n) is 14.9. The second-order valence-electron chi connectivity index (χ2n) is 6.36. The van der Waals surface area contributed by atoms with E-state index in [1.807, 2.05) is 17.5 Å². The maximum atomic E-state index is 12.4. The highest BCUT2D eigenvalue weighted by Gasteiger charge is 2.17. The molecule has 138 valence electrons. The van der Waals surface area contributed by atoms with Gasteiger partial charge in [-0.3, -0.25) is 10.1 Å². The molecular formula is C21H20N2O3S. The van der Waals surface area contributed by atoms with Gasteiger partial charge in [0.25, 0.3) is 0 Å². The molecule has 0 unspecified atom stereocenters. The third-order valence-electron chi connectivity index (χ3n) is 4.36. The number of benzene rings is 2. The molecule has 0 aliphatic carbocycles. The highest BCUT2D eigenvalue weighted by Crippen LogP contribution is 2.34. The molecule has 4 rings (SSSR count). The molecule has 3 aromatic rings. The van der Waals surface area contributed by atoms with Crippen molar-refractivity contribution in [2.24, 2.45) is 0 Å².